The molecule has 2 bridgehead atoms. The monoisotopic (exact) mass is 519 g/mol. The Morgan fingerprint density at radius 2 is 1.38 bits per heavy atom. The Morgan fingerprint density at radius 1 is 0.919 bits per heavy atom. The van der Waals surface area contributed by atoms with Crippen molar-refractivity contribution < 1.29 is 27.9 Å². The summed E-state index contributed by atoms with van der Waals surface area (Å²) in [4.78, 5) is 23.9. The number of carbonyl (C=O) groups excluding carboxylic acids is 1. The Labute approximate surface area is 216 Å². The fourth-order valence-electron chi connectivity index (χ4n) is 5.83. The predicted octanol–water partition coefficient (Wildman–Crippen LogP) is 5.19. The SMILES string of the molecule is CCNC(=O)NCC(CC1C[C@H]2CC[C@@H](C1)N2C)(c1ccccc1)c1ccccc1.O=C(O)C(F)(F)F. The van der Waals surface area contributed by atoms with Crippen LogP contribution in [0.5, 0.6) is 0 Å². The van der Waals surface area contributed by atoms with Gasteiger partial charge in [0.25, 0.3) is 0 Å². The van der Waals surface area contributed by atoms with E-state index in [4.69, 9.17) is 9.90 Å². The number of aliphatic carboxylic acids is 1. The van der Waals surface area contributed by atoms with E-state index in [0.717, 1.165) is 6.42 Å². The molecule has 2 fully saturated rings. The number of rotatable bonds is 7. The summed E-state index contributed by atoms with van der Waals surface area (Å²) in [5, 5.41) is 13.2. The van der Waals surface area contributed by atoms with Gasteiger partial charge in [0.05, 0.1) is 0 Å². The lowest BCUT2D eigenvalue weighted by atomic mass is 9.67. The maximum absolute atomic E-state index is 12.4. The predicted molar refractivity (Wildman–Crippen MR) is 136 cm³/mol. The number of benzene rings is 2. The molecule has 202 valence electrons. The van der Waals surface area contributed by atoms with Gasteiger partial charge in [-0.15, -0.1) is 0 Å². The Morgan fingerprint density at radius 3 is 1.78 bits per heavy atom. The van der Waals surface area contributed by atoms with Gasteiger partial charge in [0.15, 0.2) is 0 Å². The van der Waals surface area contributed by atoms with Gasteiger partial charge in [-0.1, -0.05) is 60.7 Å². The summed E-state index contributed by atoms with van der Waals surface area (Å²) in [6.45, 7) is 3.19. The molecule has 2 saturated heterocycles. The average molecular weight is 520 g/mol. The molecule has 1 unspecified atom stereocenters. The van der Waals surface area contributed by atoms with Crippen LogP contribution >= 0.6 is 0 Å². The lowest BCUT2D eigenvalue weighted by molar-refractivity contribution is -0.192. The van der Waals surface area contributed by atoms with Crippen LogP contribution in [0.15, 0.2) is 60.7 Å². The Bertz CT molecular complexity index is 964. The third kappa shape index (κ3) is 7.25. The number of piperidine rings is 1. The molecule has 6 nitrogen and oxygen atoms in total. The molecular weight excluding hydrogens is 483 g/mol. The zero-order valence-electron chi connectivity index (χ0n) is 21.3. The van der Waals surface area contributed by atoms with Gasteiger partial charge >= 0.3 is 18.2 Å². The van der Waals surface area contributed by atoms with Gasteiger partial charge in [-0.3, -0.25) is 0 Å². The molecule has 3 N–H and O–H groups in total. The molecule has 2 heterocycles. The zero-order chi connectivity index (χ0) is 27.1. The summed E-state index contributed by atoms with van der Waals surface area (Å²) < 4.78 is 31.7. The summed E-state index contributed by atoms with van der Waals surface area (Å²) in [7, 11) is 2.30. The summed E-state index contributed by atoms with van der Waals surface area (Å²) >= 11 is 0. The molecule has 0 saturated carbocycles. The zero-order valence-corrected chi connectivity index (χ0v) is 21.3. The lowest BCUT2D eigenvalue weighted by Crippen LogP contribution is -2.48. The number of fused-ring (bicyclic) bond motifs is 2. The van der Waals surface area contributed by atoms with Crippen LogP contribution in [0.3, 0.4) is 0 Å². The highest BCUT2D eigenvalue weighted by Crippen LogP contribution is 2.45. The quantitative estimate of drug-likeness (QED) is 0.471. The van der Waals surface area contributed by atoms with E-state index in [1.54, 1.807) is 0 Å². The number of carbonyl (C=O) groups is 2. The first kappa shape index (κ1) is 28.5. The summed E-state index contributed by atoms with van der Waals surface area (Å²) in [6, 6.07) is 22.9. The van der Waals surface area contributed by atoms with E-state index in [9.17, 15) is 18.0 Å². The van der Waals surface area contributed by atoms with Crippen molar-refractivity contribution in [2.24, 2.45) is 5.92 Å². The van der Waals surface area contributed by atoms with Gasteiger partial charge in [0, 0.05) is 30.6 Å². The van der Waals surface area contributed by atoms with Gasteiger partial charge in [-0.05, 0) is 63.1 Å². The number of nitrogens with one attached hydrogen (secondary N) is 2. The number of carboxylic acid groups (broad SMARTS) is 1. The van der Waals surface area contributed by atoms with Crippen LogP contribution in [0.1, 0.15) is 50.2 Å². The Hall–Kier alpha value is -3.07. The fourth-order valence-corrected chi connectivity index (χ4v) is 5.83. The normalized spacial score (nSPS) is 21.5. The highest BCUT2D eigenvalue weighted by atomic mass is 19.4. The van der Waals surface area contributed by atoms with Crippen molar-refractivity contribution in [2.75, 3.05) is 20.1 Å². The molecule has 0 aromatic heterocycles. The summed E-state index contributed by atoms with van der Waals surface area (Å²) in [5.41, 5.74) is 2.35. The second kappa shape index (κ2) is 12.4. The lowest BCUT2D eigenvalue weighted by Gasteiger charge is -2.43. The van der Waals surface area contributed by atoms with E-state index in [1.807, 2.05) is 6.92 Å². The third-order valence-electron chi connectivity index (χ3n) is 7.62. The van der Waals surface area contributed by atoms with Crippen molar-refractivity contribution in [1.82, 2.24) is 15.5 Å². The minimum Gasteiger partial charge on any atom is -0.475 e. The number of halogens is 3. The van der Waals surface area contributed by atoms with Gasteiger partial charge in [-0.25, -0.2) is 9.59 Å². The number of amides is 2. The van der Waals surface area contributed by atoms with Gasteiger partial charge in [-0.2, -0.15) is 13.2 Å². The first-order valence-electron chi connectivity index (χ1n) is 12.7. The molecule has 0 radical (unpaired) electrons. The van der Waals surface area contributed by atoms with E-state index in [-0.39, 0.29) is 11.4 Å². The highest BCUT2D eigenvalue weighted by Gasteiger charge is 2.43. The smallest absolute Gasteiger partial charge is 0.475 e. The molecular formula is C28H36F3N3O3. The third-order valence-corrected chi connectivity index (χ3v) is 7.62. The molecule has 9 heteroatoms. The van der Waals surface area contributed by atoms with Crippen LogP contribution < -0.4 is 10.6 Å². The highest BCUT2D eigenvalue weighted by molar-refractivity contribution is 5.74. The van der Waals surface area contributed by atoms with Crippen LogP contribution in [-0.4, -0.2) is 60.4 Å². The first-order chi connectivity index (χ1) is 17.6. The molecule has 2 aromatic rings. The van der Waals surface area contributed by atoms with Crippen LogP contribution in [0.4, 0.5) is 18.0 Å². The molecule has 2 aliphatic rings. The number of urea groups is 1. The maximum Gasteiger partial charge on any atom is 0.490 e. The van der Waals surface area contributed by atoms with Crippen LogP contribution in [0.2, 0.25) is 0 Å². The van der Waals surface area contributed by atoms with Crippen molar-refractivity contribution in [3.05, 3.63) is 71.8 Å². The molecule has 37 heavy (non-hydrogen) atoms. The maximum atomic E-state index is 12.4. The van der Waals surface area contributed by atoms with E-state index < -0.39 is 12.1 Å². The number of alkyl halides is 3. The summed E-state index contributed by atoms with van der Waals surface area (Å²) in [5.74, 6) is -2.09. The van der Waals surface area contributed by atoms with Crippen LogP contribution in [-0.2, 0) is 10.2 Å². The largest absolute Gasteiger partial charge is 0.490 e. The molecule has 2 amide bonds. The van der Waals surface area contributed by atoms with Crippen molar-refractivity contribution in [3.63, 3.8) is 0 Å². The minimum atomic E-state index is -5.08. The number of hydrogen-bond acceptors (Lipinski definition) is 3. The van der Waals surface area contributed by atoms with Crippen molar-refractivity contribution >= 4 is 12.0 Å². The van der Waals surface area contributed by atoms with Crippen LogP contribution in [0.25, 0.3) is 0 Å². The van der Waals surface area contributed by atoms with Crippen molar-refractivity contribution in [1.29, 1.82) is 0 Å². The van der Waals surface area contributed by atoms with E-state index in [2.05, 4.69) is 83.2 Å². The Kier molecular flexibility index (Phi) is 9.59. The fraction of sp³-hybridized carbons (Fsp3) is 0.500. The topological polar surface area (TPSA) is 81.7 Å². The molecule has 4 rings (SSSR count). The molecule has 2 aliphatic heterocycles. The number of hydrogen-bond donors (Lipinski definition) is 3. The molecule has 0 aliphatic carbocycles. The molecule has 2 aromatic carbocycles. The first-order valence-corrected chi connectivity index (χ1v) is 12.7. The molecule has 0 spiro atoms. The van der Waals surface area contributed by atoms with Gasteiger partial charge < -0.3 is 20.6 Å². The Balaban J connectivity index is 0.000000479. The van der Waals surface area contributed by atoms with Gasteiger partial charge in [0.1, 0.15) is 0 Å². The second-order valence-corrected chi connectivity index (χ2v) is 9.92. The van der Waals surface area contributed by atoms with Crippen LogP contribution in [0, 0.1) is 5.92 Å². The minimum absolute atomic E-state index is 0.0859. The van der Waals surface area contributed by atoms with Crippen molar-refractivity contribution in [2.45, 2.75) is 62.7 Å². The van der Waals surface area contributed by atoms with E-state index in [1.165, 1.54) is 36.8 Å². The number of nitrogens with zero attached hydrogens (tertiary/aromatic N) is 1. The average Bonchev–Trinajstić information content (AvgIpc) is 3.08. The van der Waals surface area contributed by atoms with E-state index >= 15 is 0 Å². The van der Waals surface area contributed by atoms with E-state index in [0.29, 0.717) is 31.1 Å². The molecule has 3 atom stereocenters. The number of carboxylic acids is 1. The standard InChI is InChI=1S/C26H35N3O.C2HF3O2/c1-3-27-25(30)28-19-26(21-10-6-4-7-11-21,22-12-8-5-9-13-22)18-20-16-23-14-15-24(17-20)29(23)2;3-2(4,5)1(6)7/h4-13,20,23-24H,3,14-19H2,1-2H3,(H2,27,28,30);(H,6,7)/t20?,23-,24+;. The second-order valence-electron chi connectivity index (χ2n) is 9.92. The summed E-state index contributed by atoms with van der Waals surface area (Å²) in [6.07, 6.45) is 1.16. The van der Waals surface area contributed by atoms with Gasteiger partial charge in [0.2, 0.25) is 0 Å². The van der Waals surface area contributed by atoms with Crippen molar-refractivity contribution in [3.8, 4) is 0 Å².